The van der Waals surface area contributed by atoms with Gasteiger partial charge < -0.3 is 8.98 Å². The van der Waals surface area contributed by atoms with E-state index in [4.69, 9.17) is 19.4 Å². The van der Waals surface area contributed by atoms with Gasteiger partial charge in [-0.05, 0) is 70.4 Å². The lowest BCUT2D eigenvalue weighted by Crippen LogP contribution is -1.99. The summed E-state index contributed by atoms with van der Waals surface area (Å²) in [5.41, 5.74) is 10.0. The molecule has 53 heavy (non-hydrogen) atoms. The van der Waals surface area contributed by atoms with Gasteiger partial charge in [0.25, 0.3) is 0 Å². The molecular formula is C47H29N5O. The van der Waals surface area contributed by atoms with Gasteiger partial charge in [-0.25, -0.2) is 9.97 Å². The molecule has 6 heteroatoms. The summed E-state index contributed by atoms with van der Waals surface area (Å²) < 4.78 is 10.4. The van der Waals surface area contributed by atoms with E-state index in [0.717, 1.165) is 61.2 Å². The first-order valence-corrected chi connectivity index (χ1v) is 17.7. The molecule has 5 aromatic heterocycles. The van der Waals surface area contributed by atoms with Crippen LogP contribution in [0, 0.1) is 0 Å². The van der Waals surface area contributed by atoms with Crippen molar-refractivity contribution in [2.45, 2.75) is 0 Å². The molecule has 6 nitrogen and oxygen atoms in total. The molecule has 0 saturated heterocycles. The van der Waals surface area contributed by atoms with Crippen LogP contribution in [0.5, 0.6) is 0 Å². The SMILES string of the molecule is c1ccc(-n2ccc3c2ccc2c4ccccc4n(-c4ccc(-c5nc(-c6ccc(-c7cccc8ccccc78)cc6)c6ccoc6n5)cn4)c23)cc1. The summed E-state index contributed by atoms with van der Waals surface area (Å²) in [5.74, 6) is 1.38. The molecule has 6 aromatic carbocycles. The summed E-state index contributed by atoms with van der Waals surface area (Å²) in [4.78, 5) is 15.0. The van der Waals surface area contributed by atoms with Crippen molar-refractivity contribution >= 4 is 54.6 Å². The molecule has 5 heterocycles. The molecule has 11 rings (SSSR count). The summed E-state index contributed by atoms with van der Waals surface area (Å²) in [7, 11) is 0. The van der Waals surface area contributed by atoms with Crippen LogP contribution in [0.25, 0.3) is 99.9 Å². The van der Waals surface area contributed by atoms with Gasteiger partial charge in [-0.2, -0.15) is 4.98 Å². The fraction of sp³-hybridized carbons (Fsp3) is 0. The number of pyridine rings is 1. The number of hydrogen-bond acceptors (Lipinski definition) is 4. The summed E-state index contributed by atoms with van der Waals surface area (Å²) >= 11 is 0. The summed E-state index contributed by atoms with van der Waals surface area (Å²) in [6.07, 6.45) is 5.68. The fourth-order valence-electron chi connectivity index (χ4n) is 7.87. The number of aromatic nitrogens is 5. The Morgan fingerprint density at radius 3 is 2.13 bits per heavy atom. The van der Waals surface area contributed by atoms with Crippen LogP contribution in [0.15, 0.2) is 181 Å². The quantitative estimate of drug-likeness (QED) is 0.182. The summed E-state index contributed by atoms with van der Waals surface area (Å²) in [6, 6.07) is 55.2. The third-order valence-corrected chi connectivity index (χ3v) is 10.4. The Kier molecular flexibility index (Phi) is 6.45. The van der Waals surface area contributed by atoms with Crippen LogP contribution in [-0.2, 0) is 0 Å². The van der Waals surface area contributed by atoms with Gasteiger partial charge in [0.05, 0.1) is 33.9 Å². The maximum atomic E-state index is 5.86. The molecule has 0 aliphatic rings. The van der Waals surface area contributed by atoms with Gasteiger partial charge >= 0.3 is 0 Å². The molecule has 0 saturated carbocycles. The Morgan fingerprint density at radius 1 is 0.491 bits per heavy atom. The number of nitrogens with zero attached hydrogens (tertiary/aromatic N) is 5. The molecule has 0 bridgehead atoms. The molecule has 0 amide bonds. The van der Waals surface area contributed by atoms with E-state index < -0.39 is 0 Å². The van der Waals surface area contributed by atoms with Crippen molar-refractivity contribution in [2.75, 3.05) is 0 Å². The molecule has 0 spiro atoms. The largest absolute Gasteiger partial charge is 0.446 e. The normalized spacial score (nSPS) is 11.8. The summed E-state index contributed by atoms with van der Waals surface area (Å²) in [6.45, 7) is 0. The van der Waals surface area contributed by atoms with Gasteiger partial charge in [0.1, 0.15) is 5.82 Å². The van der Waals surface area contributed by atoms with Crippen molar-refractivity contribution in [3.05, 3.63) is 176 Å². The van der Waals surface area contributed by atoms with Gasteiger partial charge in [-0.3, -0.25) is 4.57 Å². The molecule has 11 aromatic rings. The first kappa shape index (κ1) is 29.4. The molecule has 0 aliphatic carbocycles. The van der Waals surface area contributed by atoms with Crippen molar-refractivity contribution in [2.24, 2.45) is 0 Å². The van der Waals surface area contributed by atoms with Crippen LogP contribution in [0.3, 0.4) is 0 Å². The first-order valence-electron chi connectivity index (χ1n) is 17.7. The smallest absolute Gasteiger partial charge is 0.230 e. The number of benzene rings is 6. The van der Waals surface area contributed by atoms with Crippen molar-refractivity contribution in [3.63, 3.8) is 0 Å². The second-order valence-corrected chi connectivity index (χ2v) is 13.3. The molecule has 248 valence electrons. The van der Waals surface area contributed by atoms with E-state index in [1.165, 1.54) is 27.1 Å². The van der Waals surface area contributed by atoms with Gasteiger partial charge in [0.15, 0.2) is 5.82 Å². The lowest BCUT2D eigenvalue weighted by Gasteiger charge is -2.11. The van der Waals surface area contributed by atoms with Crippen LogP contribution in [0.4, 0.5) is 0 Å². The average molecular weight is 680 g/mol. The minimum Gasteiger partial charge on any atom is -0.446 e. The van der Waals surface area contributed by atoms with Crippen molar-refractivity contribution < 1.29 is 4.42 Å². The average Bonchev–Trinajstić information content (AvgIpc) is 3.97. The van der Waals surface area contributed by atoms with E-state index in [1.54, 1.807) is 6.26 Å². The second-order valence-electron chi connectivity index (χ2n) is 13.3. The number of para-hydroxylation sites is 2. The van der Waals surface area contributed by atoms with E-state index >= 15 is 0 Å². The van der Waals surface area contributed by atoms with Crippen LogP contribution in [-0.4, -0.2) is 24.1 Å². The van der Waals surface area contributed by atoms with Gasteiger partial charge in [-0.1, -0.05) is 109 Å². The lowest BCUT2D eigenvalue weighted by molar-refractivity contribution is 0.603. The zero-order valence-corrected chi connectivity index (χ0v) is 28.4. The van der Waals surface area contributed by atoms with Crippen LogP contribution >= 0.6 is 0 Å². The highest BCUT2D eigenvalue weighted by atomic mass is 16.3. The van der Waals surface area contributed by atoms with Gasteiger partial charge in [0.2, 0.25) is 5.71 Å². The fourth-order valence-corrected chi connectivity index (χ4v) is 7.87. The zero-order valence-electron chi connectivity index (χ0n) is 28.4. The Morgan fingerprint density at radius 2 is 1.26 bits per heavy atom. The number of rotatable bonds is 5. The highest BCUT2D eigenvalue weighted by Gasteiger charge is 2.19. The highest BCUT2D eigenvalue weighted by molar-refractivity contribution is 6.18. The number of hydrogen-bond donors (Lipinski definition) is 0. The predicted molar refractivity (Wildman–Crippen MR) is 215 cm³/mol. The number of furan rings is 1. The molecule has 0 N–H and O–H groups in total. The molecule has 0 aliphatic heterocycles. The minimum atomic E-state index is 0.542. The van der Waals surface area contributed by atoms with Crippen LogP contribution in [0.1, 0.15) is 0 Å². The zero-order chi connectivity index (χ0) is 34.9. The van der Waals surface area contributed by atoms with E-state index in [-0.39, 0.29) is 0 Å². The maximum Gasteiger partial charge on any atom is 0.230 e. The van der Waals surface area contributed by atoms with E-state index in [9.17, 15) is 0 Å². The van der Waals surface area contributed by atoms with Crippen molar-refractivity contribution in [1.82, 2.24) is 24.1 Å². The molecule has 0 unspecified atom stereocenters. The predicted octanol–water partition coefficient (Wildman–Crippen LogP) is 11.8. The highest BCUT2D eigenvalue weighted by Crippen LogP contribution is 2.38. The number of fused-ring (bicyclic) bond motifs is 7. The third kappa shape index (κ3) is 4.63. The Hall–Kier alpha value is -7.31. The topological polar surface area (TPSA) is 61.7 Å². The van der Waals surface area contributed by atoms with E-state index in [0.29, 0.717) is 11.5 Å². The molecular weight excluding hydrogens is 651 g/mol. The van der Waals surface area contributed by atoms with Crippen LogP contribution < -0.4 is 0 Å². The minimum absolute atomic E-state index is 0.542. The Balaban J connectivity index is 1.01. The molecule has 0 atom stereocenters. The second kappa shape index (κ2) is 11.6. The van der Waals surface area contributed by atoms with E-state index in [1.807, 2.05) is 18.3 Å². The lowest BCUT2D eigenvalue weighted by atomic mass is 9.97. The third-order valence-electron chi connectivity index (χ3n) is 10.4. The molecule has 0 radical (unpaired) electrons. The van der Waals surface area contributed by atoms with Gasteiger partial charge in [-0.15, -0.1) is 0 Å². The van der Waals surface area contributed by atoms with Gasteiger partial charge in [0, 0.05) is 45.4 Å². The van der Waals surface area contributed by atoms with E-state index in [2.05, 4.69) is 161 Å². The standard InChI is InChI=1S/C47H29N5O/c1-2-11-34(12-3-1)51-27-25-39-41(51)23-22-38-37-14-6-7-16-42(37)52(45(38)39)43-24-21-33(29-48-43)46-49-44(40-26-28-53-47(40)50-46)32-19-17-31(18-20-32)36-15-8-10-30-9-4-5-13-35(30)36/h1-29H. The molecule has 0 fully saturated rings. The Labute approximate surface area is 303 Å². The first-order chi connectivity index (χ1) is 26.3. The Bertz CT molecular complexity index is 3150. The van der Waals surface area contributed by atoms with Crippen LogP contribution in [0.2, 0.25) is 0 Å². The maximum absolute atomic E-state index is 5.86. The van der Waals surface area contributed by atoms with Crippen molar-refractivity contribution in [1.29, 1.82) is 0 Å². The monoisotopic (exact) mass is 679 g/mol. The van der Waals surface area contributed by atoms with Crippen molar-refractivity contribution in [3.8, 4) is 45.3 Å². The summed E-state index contributed by atoms with van der Waals surface area (Å²) in [5, 5.41) is 6.86.